The summed E-state index contributed by atoms with van der Waals surface area (Å²) in [5.41, 5.74) is -0.792. The maximum atomic E-state index is 12.9. The molecule has 1 aliphatic rings. The molecule has 20 heavy (non-hydrogen) atoms. The van der Waals surface area contributed by atoms with Gasteiger partial charge in [0.25, 0.3) is 0 Å². The van der Waals surface area contributed by atoms with Crippen LogP contribution in [0.4, 0.5) is 13.2 Å². The van der Waals surface area contributed by atoms with Crippen LogP contribution in [0, 0.1) is 11.3 Å². The molecular formula is C16H19F3O. The highest BCUT2D eigenvalue weighted by atomic mass is 19.4. The summed E-state index contributed by atoms with van der Waals surface area (Å²) < 4.78 is 38.8. The second kappa shape index (κ2) is 5.23. The topological polar surface area (TPSA) is 17.1 Å². The van der Waals surface area contributed by atoms with Gasteiger partial charge in [0.15, 0.2) is 5.78 Å². The fraction of sp³-hybridized carbons (Fsp3) is 0.562. The van der Waals surface area contributed by atoms with Gasteiger partial charge < -0.3 is 0 Å². The third-order valence-electron chi connectivity index (χ3n) is 4.21. The first-order chi connectivity index (χ1) is 9.21. The monoisotopic (exact) mass is 284 g/mol. The van der Waals surface area contributed by atoms with E-state index in [-0.39, 0.29) is 22.7 Å². The Morgan fingerprint density at radius 2 is 1.70 bits per heavy atom. The van der Waals surface area contributed by atoms with E-state index < -0.39 is 11.7 Å². The maximum absolute atomic E-state index is 12.9. The Labute approximate surface area is 117 Å². The van der Waals surface area contributed by atoms with Crippen LogP contribution in [0.5, 0.6) is 0 Å². The van der Waals surface area contributed by atoms with Gasteiger partial charge in [-0.1, -0.05) is 32.0 Å². The summed E-state index contributed by atoms with van der Waals surface area (Å²) in [5.74, 6) is -0.625. The molecule has 0 unspecified atom stereocenters. The minimum atomic E-state index is -4.47. The third kappa shape index (κ3) is 3.22. The van der Waals surface area contributed by atoms with Crippen molar-refractivity contribution >= 4 is 5.78 Å². The highest BCUT2D eigenvalue weighted by molar-refractivity contribution is 5.99. The highest BCUT2D eigenvalue weighted by Crippen LogP contribution is 2.40. The lowest BCUT2D eigenvalue weighted by Crippen LogP contribution is -2.27. The Kier molecular flexibility index (Phi) is 3.94. The fourth-order valence-electron chi connectivity index (χ4n) is 2.83. The predicted molar refractivity (Wildman–Crippen MR) is 71.5 cm³/mol. The summed E-state index contributed by atoms with van der Waals surface area (Å²) in [6, 6.07) is 5.10. The van der Waals surface area contributed by atoms with Gasteiger partial charge in [0.2, 0.25) is 0 Å². The van der Waals surface area contributed by atoms with Crippen molar-refractivity contribution in [1.82, 2.24) is 0 Å². The van der Waals surface area contributed by atoms with E-state index in [4.69, 9.17) is 0 Å². The summed E-state index contributed by atoms with van der Waals surface area (Å²) >= 11 is 0. The standard InChI is InChI=1S/C16H19F3O/c1-15(2)9-7-11(8-10-15)14(20)12-5-3-4-6-13(12)16(17,18)19/h3-6,11H,7-10H2,1-2H3. The van der Waals surface area contributed by atoms with E-state index in [9.17, 15) is 18.0 Å². The van der Waals surface area contributed by atoms with Gasteiger partial charge in [0.1, 0.15) is 0 Å². The molecule has 0 amide bonds. The summed E-state index contributed by atoms with van der Waals surface area (Å²) in [6.45, 7) is 4.27. The van der Waals surface area contributed by atoms with Gasteiger partial charge in [-0.3, -0.25) is 4.79 Å². The quantitative estimate of drug-likeness (QED) is 0.690. The Hall–Kier alpha value is -1.32. The molecule has 0 atom stereocenters. The van der Waals surface area contributed by atoms with E-state index in [0.29, 0.717) is 12.8 Å². The van der Waals surface area contributed by atoms with Gasteiger partial charge in [-0.15, -0.1) is 0 Å². The Morgan fingerprint density at radius 3 is 2.25 bits per heavy atom. The van der Waals surface area contributed by atoms with Crippen LogP contribution in [-0.4, -0.2) is 5.78 Å². The van der Waals surface area contributed by atoms with Crippen LogP contribution < -0.4 is 0 Å². The SMILES string of the molecule is CC1(C)CCC(C(=O)c2ccccc2C(F)(F)F)CC1. The first-order valence-electron chi connectivity index (χ1n) is 6.91. The summed E-state index contributed by atoms with van der Waals surface area (Å²) in [4.78, 5) is 12.4. The normalized spacial score (nSPS) is 19.9. The predicted octanol–water partition coefficient (Wildman–Crippen LogP) is 5.10. The van der Waals surface area contributed by atoms with Crippen LogP contribution in [0.15, 0.2) is 24.3 Å². The number of carbonyl (C=O) groups excluding carboxylic acids is 1. The van der Waals surface area contributed by atoms with Gasteiger partial charge in [-0.05, 0) is 37.2 Å². The van der Waals surface area contributed by atoms with Crippen molar-refractivity contribution in [3.8, 4) is 0 Å². The van der Waals surface area contributed by atoms with Crippen molar-refractivity contribution in [2.45, 2.75) is 45.7 Å². The van der Waals surface area contributed by atoms with Gasteiger partial charge in [-0.25, -0.2) is 0 Å². The largest absolute Gasteiger partial charge is 0.417 e. The molecule has 0 aromatic heterocycles. The molecule has 2 rings (SSSR count). The molecule has 110 valence electrons. The molecule has 0 heterocycles. The van der Waals surface area contributed by atoms with Gasteiger partial charge >= 0.3 is 6.18 Å². The van der Waals surface area contributed by atoms with E-state index in [2.05, 4.69) is 13.8 Å². The lowest BCUT2D eigenvalue weighted by Gasteiger charge is -2.33. The number of halogens is 3. The van der Waals surface area contributed by atoms with Crippen LogP contribution in [0.25, 0.3) is 0 Å². The number of carbonyl (C=O) groups is 1. The smallest absolute Gasteiger partial charge is 0.294 e. The van der Waals surface area contributed by atoms with E-state index >= 15 is 0 Å². The number of rotatable bonds is 2. The van der Waals surface area contributed by atoms with Crippen molar-refractivity contribution in [2.75, 3.05) is 0 Å². The number of hydrogen-bond donors (Lipinski definition) is 0. The zero-order valence-electron chi connectivity index (χ0n) is 11.8. The van der Waals surface area contributed by atoms with E-state index in [0.717, 1.165) is 18.9 Å². The molecule has 1 saturated carbocycles. The van der Waals surface area contributed by atoms with Gasteiger partial charge in [0.05, 0.1) is 5.56 Å². The van der Waals surface area contributed by atoms with Crippen LogP contribution in [0.3, 0.4) is 0 Å². The third-order valence-corrected chi connectivity index (χ3v) is 4.21. The maximum Gasteiger partial charge on any atom is 0.417 e. The van der Waals surface area contributed by atoms with Crippen LogP contribution in [0.2, 0.25) is 0 Å². The molecule has 0 saturated heterocycles. The lowest BCUT2D eigenvalue weighted by molar-refractivity contribution is -0.138. The number of alkyl halides is 3. The zero-order valence-corrected chi connectivity index (χ0v) is 11.8. The summed E-state index contributed by atoms with van der Waals surface area (Å²) in [6.07, 6.45) is -1.34. The average molecular weight is 284 g/mol. The first-order valence-corrected chi connectivity index (χ1v) is 6.91. The molecule has 0 N–H and O–H groups in total. The molecule has 1 aliphatic carbocycles. The van der Waals surface area contributed by atoms with Gasteiger partial charge in [-0.2, -0.15) is 13.2 Å². The van der Waals surface area contributed by atoms with Crippen molar-refractivity contribution in [3.05, 3.63) is 35.4 Å². The van der Waals surface area contributed by atoms with Crippen molar-refractivity contribution in [2.24, 2.45) is 11.3 Å². The molecule has 1 nitrogen and oxygen atoms in total. The van der Waals surface area contributed by atoms with Crippen molar-refractivity contribution in [3.63, 3.8) is 0 Å². The van der Waals surface area contributed by atoms with Gasteiger partial charge in [0, 0.05) is 11.5 Å². The second-order valence-electron chi connectivity index (χ2n) is 6.35. The fourth-order valence-corrected chi connectivity index (χ4v) is 2.83. The van der Waals surface area contributed by atoms with Crippen molar-refractivity contribution in [1.29, 1.82) is 0 Å². The van der Waals surface area contributed by atoms with E-state index in [1.165, 1.54) is 18.2 Å². The van der Waals surface area contributed by atoms with Crippen LogP contribution in [-0.2, 0) is 6.18 Å². The second-order valence-corrected chi connectivity index (χ2v) is 6.35. The molecule has 4 heteroatoms. The minimum absolute atomic E-state index is 0.176. The average Bonchev–Trinajstić information content (AvgIpc) is 2.37. The molecule has 1 fully saturated rings. The zero-order chi connectivity index (χ0) is 15.0. The van der Waals surface area contributed by atoms with Crippen LogP contribution in [0.1, 0.15) is 55.5 Å². The minimum Gasteiger partial charge on any atom is -0.294 e. The molecular weight excluding hydrogens is 265 g/mol. The lowest BCUT2D eigenvalue weighted by atomic mass is 9.71. The Morgan fingerprint density at radius 1 is 1.15 bits per heavy atom. The molecule has 0 bridgehead atoms. The molecule has 1 aromatic carbocycles. The molecule has 0 spiro atoms. The van der Waals surface area contributed by atoms with E-state index in [1.807, 2.05) is 0 Å². The van der Waals surface area contributed by atoms with Crippen LogP contribution >= 0.6 is 0 Å². The number of hydrogen-bond acceptors (Lipinski definition) is 1. The number of Topliss-reactive ketones (excluding diaryl/α,β-unsaturated/α-hetero) is 1. The highest BCUT2D eigenvalue weighted by Gasteiger charge is 2.37. The molecule has 0 aliphatic heterocycles. The number of benzene rings is 1. The summed E-state index contributed by atoms with van der Waals surface area (Å²) in [5, 5.41) is 0. The number of ketones is 1. The van der Waals surface area contributed by atoms with Crippen molar-refractivity contribution < 1.29 is 18.0 Å². The summed E-state index contributed by atoms with van der Waals surface area (Å²) in [7, 11) is 0. The Balaban J connectivity index is 2.23. The first kappa shape index (κ1) is 15.1. The molecule has 1 aromatic rings. The molecule has 0 radical (unpaired) electrons. The Bertz CT molecular complexity index is 493. The van der Waals surface area contributed by atoms with E-state index in [1.54, 1.807) is 0 Å².